The highest BCUT2D eigenvalue weighted by molar-refractivity contribution is 5.78. The zero-order valence-corrected chi connectivity index (χ0v) is 8.23. The SMILES string of the molecule is O=c1[nH]nc(Cc2ccoc2)c2[nH]ncc12. The van der Waals surface area contributed by atoms with Gasteiger partial charge >= 0.3 is 0 Å². The van der Waals surface area contributed by atoms with Crippen molar-refractivity contribution in [2.75, 3.05) is 0 Å². The van der Waals surface area contributed by atoms with Gasteiger partial charge in [0.25, 0.3) is 5.56 Å². The Morgan fingerprint density at radius 2 is 2.31 bits per heavy atom. The van der Waals surface area contributed by atoms with Crippen LogP contribution in [0.5, 0.6) is 0 Å². The Hall–Kier alpha value is -2.37. The van der Waals surface area contributed by atoms with Crippen LogP contribution in [-0.4, -0.2) is 20.4 Å². The second kappa shape index (κ2) is 3.34. The normalized spacial score (nSPS) is 11.0. The van der Waals surface area contributed by atoms with E-state index in [1.54, 1.807) is 12.5 Å². The standard InChI is InChI=1S/C10H8N4O2/c15-10-7-4-11-13-9(7)8(12-14-10)3-6-1-2-16-5-6/h1-2,4-5H,3H2,(H,11,13)(H,14,15). The van der Waals surface area contributed by atoms with E-state index in [0.29, 0.717) is 17.3 Å². The largest absolute Gasteiger partial charge is 0.472 e. The summed E-state index contributed by atoms with van der Waals surface area (Å²) in [6.07, 6.45) is 5.33. The van der Waals surface area contributed by atoms with Crippen molar-refractivity contribution in [3.8, 4) is 0 Å². The first-order valence-corrected chi connectivity index (χ1v) is 4.76. The van der Waals surface area contributed by atoms with Crippen molar-refractivity contribution in [3.05, 3.63) is 46.4 Å². The van der Waals surface area contributed by atoms with E-state index in [1.807, 2.05) is 6.07 Å². The number of nitrogens with zero attached hydrogens (tertiary/aromatic N) is 2. The van der Waals surface area contributed by atoms with E-state index in [4.69, 9.17) is 4.42 Å². The Bertz CT molecular complexity index is 666. The number of hydrogen-bond donors (Lipinski definition) is 2. The third-order valence-corrected chi connectivity index (χ3v) is 2.42. The molecule has 3 aromatic rings. The topological polar surface area (TPSA) is 87.6 Å². The molecular weight excluding hydrogens is 208 g/mol. The molecule has 0 fully saturated rings. The number of hydrogen-bond acceptors (Lipinski definition) is 4. The molecule has 0 unspecified atom stereocenters. The van der Waals surface area contributed by atoms with Crippen molar-refractivity contribution in [2.45, 2.75) is 6.42 Å². The van der Waals surface area contributed by atoms with Crippen LogP contribution < -0.4 is 5.56 Å². The molecule has 2 N–H and O–H groups in total. The van der Waals surface area contributed by atoms with Gasteiger partial charge in [-0.3, -0.25) is 9.89 Å². The number of rotatable bonds is 2. The van der Waals surface area contributed by atoms with Gasteiger partial charge < -0.3 is 4.42 Å². The van der Waals surface area contributed by atoms with E-state index in [9.17, 15) is 4.79 Å². The number of aromatic amines is 2. The minimum Gasteiger partial charge on any atom is -0.472 e. The minimum atomic E-state index is -0.236. The van der Waals surface area contributed by atoms with Crippen molar-refractivity contribution in [3.63, 3.8) is 0 Å². The molecule has 0 aliphatic rings. The predicted octanol–water partition coefficient (Wildman–Crippen LogP) is 0.830. The van der Waals surface area contributed by atoms with Gasteiger partial charge in [-0.25, -0.2) is 5.10 Å². The summed E-state index contributed by atoms with van der Waals surface area (Å²) in [4.78, 5) is 11.4. The summed E-state index contributed by atoms with van der Waals surface area (Å²) < 4.78 is 4.98. The van der Waals surface area contributed by atoms with Crippen molar-refractivity contribution in [1.29, 1.82) is 0 Å². The summed E-state index contributed by atoms with van der Waals surface area (Å²) in [6, 6.07) is 1.86. The van der Waals surface area contributed by atoms with Gasteiger partial charge in [-0.15, -0.1) is 0 Å². The fourth-order valence-electron chi connectivity index (χ4n) is 1.63. The van der Waals surface area contributed by atoms with Crippen LogP contribution in [0.2, 0.25) is 0 Å². The van der Waals surface area contributed by atoms with Gasteiger partial charge in [0.2, 0.25) is 0 Å². The predicted molar refractivity (Wildman–Crippen MR) is 56.0 cm³/mol. The first-order valence-electron chi connectivity index (χ1n) is 4.76. The average Bonchev–Trinajstić information content (AvgIpc) is 2.92. The highest BCUT2D eigenvalue weighted by Gasteiger charge is 2.09. The number of H-pyrrole nitrogens is 2. The summed E-state index contributed by atoms with van der Waals surface area (Å²) >= 11 is 0. The summed E-state index contributed by atoms with van der Waals surface area (Å²) in [6.45, 7) is 0. The molecule has 0 bridgehead atoms. The maximum absolute atomic E-state index is 11.4. The summed E-state index contributed by atoms with van der Waals surface area (Å²) in [5, 5.41) is 13.6. The van der Waals surface area contributed by atoms with Crippen molar-refractivity contribution >= 4 is 10.9 Å². The molecule has 0 radical (unpaired) electrons. The van der Waals surface area contributed by atoms with E-state index in [-0.39, 0.29) is 5.56 Å². The first kappa shape index (κ1) is 8.90. The first-order chi connectivity index (χ1) is 7.84. The fourth-order valence-corrected chi connectivity index (χ4v) is 1.63. The van der Waals surface area contributed by atoms with Crippen LogP contribution in [0.3, 0.4) is 0 Å². The number of nitrogens with one attached hydrogen (secondary N) is 2. The van der Waals surface area contributed by atoms with Gasteiger partial charge in [0.1, 0.15) is 0 Å². The number of furan rings is 1. The van der Waals surface area contributed by atoms with Gasteiger partial charge in [0, 0.05) is 6.42 Å². The minimum absolute atomic E-state index is 0.236. The average molecular weight is 216 g/mol. The molecule has 3 aromatic heterocycles. The van der Waals surface area contributed by atoms with Gasteiger partial charge in [-0.05, 0) is 11.6 Å². The molecule has 0 amide bonds. The molecule has 0 saturated carbocycles. The van der Waals surface area contributed by atoms with E-state index in [0.717, 1.165) is 11.3 Å². The highest BCUT2D eigenvalue weighted by atomic mass is 16.3. The molecule has 3 heterocycles. The lowest BCUT2D eigenvalue weighted by Gasteiger charge is -1.98. The van der Waals surface area contributed by atoms with Crippen LogP contribution in [0.1, 0.15) is 11.3 Å². The highest BCUT2D eigenvalue weighted by Crippen LogP contribution is 2.13. The zero-order valence-electron chi connectivity index (χ0n) is 8.23. The van der Waals surface area contributed by atoms with Crippen LogP contribution in [0, 0.1) is 0 Å². The van der Waals surface area contributed by atoms with Gasteiger partial charge in [0.05, 0.1) is 35.3 Å². The molecule has 16 heavy (non-hydrogen) atoms. The molecule has 0 aromatic carbocycles. The second-order valence-electron chi connectivity index (χ2n) is 3.47. The lowest BCUT2D eigenvalue weighted by Crippen LogP contribution is -2.10. The Morgan fingerprint density at radius 3 is 3.12 bits per heavy atom. The quantitative estimate of drug-likeness (QED) is 0.664. The Kier molecular flexibility index (Phi) is 1.86. The Morgan fingerprint density at radius 1 is 1.38 bits per heavy atom. The Balaban J connectivity index is 2.14. The molecule has 0 aliphatic heterocycles. The van der Waals surface area contributed by atoms with Crippen LogP contribution in [-0.2, 0) is 6.42 Å². The number of fused-ring (bicyclic) bond motifs is 1. The summed E-state index contributed by atoms with van der Waals surface area (Å²) in [5.41, 5.74) is 2.17. The lowest BCUT2D eigenvalue weighted by molar-refractivity contribution is 0.564. The van der Waals surface area contributed by atoms with Gasteiger partial charge in [-0.1, -0.05) is 0 Å². The summed E-state index contributed by atoms with van der Waals surface area (Å²) in [5.74, 6) is 0. The third-order valence-electron chi connectivity index (χ3n) is 2.42. The molecule has 6 nitrogen and oxygen atoms in total. The third kappa shape index (κ3) is 1.31. The van der Waals surface area contributed by atoms with E-state index >= 15 is 0 Å². The fraction of sp³-hybridized carbons (Fsp3) is 0.100. The Labute approximate surface area is 89.3 Å². The maximum atomic E-state index is 11.4. The van der Waals surface area contributed by atoms with E-state index in [1.165, 1.54) is 6.20 Å². The molecular formula is C10H8N4O2. The monoisotopic (exact) mass is 216 g/mol. The molecule has 0 saturated heterocycles. The van der Waals surface area contributed by atoms with Crippen LogP contribution >= 0.6 is 0 Å². The van der Waals surface area contributed by atoms with Crippen molar-refractivity contribution in [1.82, 2.24) is 20.4 Å². The number of aromatic nitrogens is 4. The molecule has 0 aliphatic carbocycles. The molecule has 80 valence electrons. The lowest BCUT2D eigenvalue weighted by atomic mass is 10.1. The smallest absolute Gasteiger partial charge is 0.275 e. The summed E-state index contributed by atoms with van der Waals surface area (Å²) in [7, 11) is 0. The molecule has 0 spiro atoms. The van der Waals surface area contributed by atoms with Crippen molar-refractivity contribution < 1.29 is 4.42 Å². The van der Waals surface area contributed by atoms with Crippen LogP contribution in [0.4, 0.5) is 0 Å². The van der Waals surface area contributed by atoms with E-state index < -0.39 is 0 Å². The van der Waals surface area contributed by atoms with Gasteiger partial charge in [-0.2, -0.15) is 10.2 Å². The molecule has 3 rings (SSSR count). The van der Waals surface area contributed by atoms with Crippen LogP contribution in [0.25, 0.3) is 10.9 Å². The zero-order chi connectivity index (χ0) is 11.0. The van der Waals surface area contributed by atoms with E-state index in [2.05, 4.69) is 20.4 Å². The van der Waals surface area contributed by atoms with Gasteiger partial charge in [0.15, 0.2) is 0 Å². The molecule has 6 heteroatoms. The van der Waals surface area contributed by atoms with Crippen molar-refractivity contribution in [2.24, 2.45) is 0 Å². The molecule has 0 atom stereocenters. The maximum Gasteiger partial charge on any atom is 0.275 e. The second-order valence-corrected chi connectivity index (χ2v) is 3.47. The van der Waals surface area contributed by atoms with Crippen LogP contribution in [0.15, 0.2) is 34.0 Å².